The third kappa shape index (κ3) is 8.50. The van der Waals surface area contributed by atoms with Crippen LogP contribution in [0.25, 0.3) is 0 Å². The van der Waals surface area contributed by atoms with E-state index in [4.69, 9.17) is 21.1 Å². The lowest BCUT2D eigenvalue weighted by atomic mass is 9.82. The van der Waals surface area contributed by atoms with Gasteiger partial charge in [-0.25, -0.2) is 0 Å². The summed E-state index contributed by atoms with van der Waals surface area (Å²) in [6.45, 7) is 6.60. The van der Waals surface area contributed by atoms with E-state index in [0.29, 0.717) is 25.1 Å². The standard InChI is InChI=1S/C38H41ClF3N3O3/c1-37(30-13-5-3-6-14-30,31-15-7-4-8-16-31)45(27-29-12-9-19-34(36(29)39)38(40,41)42)20-11-25-48-33-18-10-17-32(26-33)44-23-21-43(22-24-44)28-35(46)47-2/h3-10,12-19,26H,11,20-25,27-28H2,1-2H3. The number of esters is 1. The third-order valence-electron chi connectivity index (χ3n) is 9.03. The summed E-state index contributed by atoms with van der Waals surface area (Å²) >= 11 is 6.44. The first-order chi connectivity index (χ1) is 23.1. The summed E-state index contributed by atoms with van der Waals surface area (Å²) in [4.78, 5) is 18.2. The molecule has 0 bridgehead atoms. The predicted octanol–water partition coefficient (Wildman–Crippen LogP) is 7.89. The molecule has 0 amide bonds. The molecular formula is C38H41ClF3N3O3. The van der Waals surface area contributed by atoms with E-state index >= 15 is 0 Å². The van der Waals surface area contributed by atoms with Crippen LogP contribution in [0.15, 0.2) is 103 Å². The predicted molar refractivity (Wildman–Crippen MR) is 183 cm³/mol. The van der Waals surface area contributed by atoms with Gasteiger partial charge in [0.2, 0.25) is 0 Å². The number of carbonyl (C=O) groups excluding carboxylic acids is 1. The quantitative estimate of drug-likeness (QED) is 0.106. The molecule has 0 unspecified atom stereocenters. The van der Waals surface area contributed by atoms with Crippen molar-refractivity contribution in [2.75, 3.05) is 57.9 Å². The number of nitrogens with zero attached hydrogens (tertiary/aromatic N) is 3. The Morgan fingerprint density at radius 1 is 0.854 bits per heavy atom. The molecule has 6 nitrogen and oxygen atoms in total. The van der Waals surface area contributed by atoms with Gasteiger partial charge in [0, 0.05) is 51.0 Å². The van der Waals surface area contributed by atoms with Gasteiger partial charge in [-0.05, 0) is 48.2 Å². The SMILES string of the molecule is COC(=O)CN1CCN(c2cccc(OCCCN(Cc3cccc(C(F)(F)F)c3Cl)C(C)(c3ccccc3)c3ccccc3)c2)CC1. The minimum absolute atomic E-state index is 0.195. The van der Waals surface area contributed by atoms with Crippen LogP contribution in [-0.2, 0) is 27.8 Å². The molecule has 4 aromatic carbocycles. The van der Waals surface area contributed by atoms with Crippen LogP contribution < -0.4 is 9.64 Å². The fourth-order valence-electron chi connectivity index (χ4n) is 6.27. The van der Waals surface area contributed by atoms with E-state index in [1.165, 1.54) is 13.2 Å². The van der Waals surface area contributed by atoms with Crippen LogP contribution in [0.1, 0.15) is 35.6 Å². The molecule has 5 rings (SSSR count). The van der Waals surface area contributed by atoms with Gasteiger partial charge in [-0.3, -0.25) is 14.6 Å². The average molecular weight is 680 g/mol. The second-order valence-corrected chi connectivity index (χ2v) is 12.4. The van der Waals surface area contributed by atoms with Gasteiger partial charge < -0.3 is 14.4 Å². The first-order valence-electron chi connectivity index (χ1n) is 16.1. The first-order valence-corrected chi connectivity index (χ1v) is 16.4. The molecule has 1 heterocycles. The van der Waals surface area contributed by atoms with Crippen LogP contribution in [0.4, 0.5) is 18.9 Å². The molecule has 48 heavy (non-hydrogen) atoms. The van der Waals surface area contributed by atoms with Crippen LogP contribution in [-0.4, -0.2) is 68.8 Å². The number of benzene rings is 4. The zero-order chi connectivity index (χ0) is 34.1. The number of rotatable bonds is 13. The molecule has 254 valence electrons. The summed E-state index contributed by atoms with van der Waals surface area (Å²) < 4.78 is 52.5. The van der Waals surface area contributed by atoms with Gasteiger partial charge in [-0.1, -0.05) is 90.5 Å². The van der Waals surface area contributed by atoms with Crippen molar-refractivity contribution in [2.45, 2.75) is 31.6 Å². The molecule has 0 radical (unpaired) electrons. The van der Waals surface area contributed by atoms with Gasteiger partial charge in [0.15, 0.2) is 0 Å². The molecule has 10 heteroatoms. The smallest absolute Gasteiger partial charge is 0.417 e. The van der Waals surface area contributed by atoms with Gasteiger partial charge in [0.25, 0.3) is 0 Å². The highest BCUT2D eigenvalue weighted by Gasteiger charge is 2.38. The van der Waals surface area contributed by atoms with Gasteiger partial charge in [-0.15, -0.1) is 0 Å². The van der Waals surface area contributed by atoms with E-state index in [-0.39, 0.29) is 24.1 Å². The molecule has 0 saturated carbocycles. The molecule has 0 atom stereocenters. The minimum Gasteiger partial charge on any atom is -0.493 e. The Balaban J connectivity index is 1.33. The summed E-state index contributed by atoms with van der Waals surface area (Å²) in [7, 11) is 1.40. The second kappa shape index (κ2) is 15.9. The summed E-state index contributed by atoms with van der Waals surface area (Å²) in [5.74, 6) is 0.508. The number of piperazine rings is 1. The number of hydrogen-bond acceptors (Lipinski definition) is 6. The van der Waals surface area contributed by atoms with Gasteiger partial charge >= 0.3 is 12.1 Å². The van der Waals surface area contributed by atoms with E-state index < -0.39 is 17.3 Å². The lowest BCUT2D eigenvalue weighted by Crippen LogP contribution is -2.48. The third-order valence-corrected chi connectivity index (χ3v) is 9.47. The highest BCUT2D eigenvalue weighted by atomic mass is 35.5. The minimum atomic E-state index is -4.56. The number of alkyl halides is 3. The monoisotopic (exact) mass is 679 g/mol. The summed E-state index contributed by atoms with van der Waals surface area (Å²) in [6.07, 6.45) is -3.94. The van der Waals surface area contributed by atoms with Gasteiger partial charge in [0.05, 0.1) is 36.4 Å². The molecule has 1 aliphatic rings. The van der Waals surface area contributed by atoms with Crippen LogP contribution in [0, 0.1) is 0 Å². The number of carbonyl (C=O) groups is 1. The lowest BCUT2D eigenvalue weighted by Gasteiger charge is -2.43. The lowest BCUT2D eigenvalue weighted by molar-refractivity contribution is -0.142. The Bertz CT molecular complexity index is 1590. The highest BCUT2D eigenvalue weighted by Crippen LogP contribution is 2.40. The Morgan fingerprint density at radius 2 is 1.48 bits per heavy atom. The summed E-state index contributed by atoms with van der Waals surface area (Å²) in [5, 5.41) is -0.280. The van der Waals surface area contributed by atoms with Crippen molar-refractivity contribution in [2.24, 2.45) is 0 Å². The van der Waals surface area contributed by atoms with Crippen LogP contribution >= 0.6 is 11.6 Å². The Hall–Kier alpha value is -4.05. The first kappa shape index (κ1) is 35.3. The second-order valence-electron chi connectivity index (χ2n) is 12.0. The van der Waals surface area contributed by atoms with E-state index in [1.54, 1.807) is 6.07 Å². The van der Waals surface area contributed by atoms with E-state index in [1.807, 2.05) is 78.9 Å². The van der Waals surface area contributed by atoms with E-state index in [9.17, 15) is 18.0 Å². The van der Waals surface area contributed by atoms with E-state index in [2.05, 4.69) is 27.7 Å². The fraction of sp³-hybridized carbons (Fsp3) is 0.342. The molecule has 0 spiro atoms. The molecule has 1 saturated heterocycles. The molecule has 1 fully saturated rings. The Labute approximate surface area is 285 Å². The van der Waals surface area contributed by atoms with Crippen LogP contribution in [0.5, 0.6) is 5.75 Å². The van der Waals surface area contributed by atoms with E-state index in [0.717, 1.165) is 54.8 Å². The Morgan fingerprint density at radius 3 is 2.08 bits per heavy atom. The largest absolute Gasteiger partial charge is 0.493 e. The van der Waals surface area contributed by atoms with Crippen LogP contribution in [0.3, 0.4) is 0 Å². The van der Waals surface area contributed by atoms with Crippen molar-refractivity contribution in [3.05, 3.63) is 130 Å². The number of hydrogen-bond donors (Lipinski definition) is 0. The van der Waals surface area contributed by atoms with Crippen molar-refractivity contribution in [1.29, 1.82) is 0 Å². The van der Waals surface area contributed by atoms with Crippen molar-refractivity contribution in [1.82, 2.24) is 9.80 Å². The van der Waals surface area contributed by atoms with Gasteiger partial charge in [0.1, 0.15) is 5.75 Å². The molecular weight excluding hydrogens is 639 g/mol. The topological polar surface area (TPSA) is 45.3 Å². The Kier molecular flexibility index (Phi) is 11.7. The maximum atomic E-state index is 13.8. The zero-order valence-electron chi connectivity index (χ0n) is 27.3. The number of anilines is 1. The number of methoxy groups -OCH3 is 1. The van der Waals surface area contributed by atoms with Gasteiger partial charge in [-0.2, -0.15) is 13.2 Å². The molecule has 0 N–H and O–H groups in total. The normalized spacial score (nSPS) is 14.3. The van der Waals surface area contributed by atoms with Crippen molar-refractivity contribution in [3.8, 4) is 5.75 Å². The highest BCUT2D eigenvalue weighted by molar-refractivity contribution is 6.32. The van der Waals surface area contributed by atoms with Crippen molar-refractivity contribution >= 4 is 23.3 Å². The van der Waals surface area contributed by atoms with Crippen molar-refractivity contribution < 1.29 is 27.4 Å². The summed E-state index contributed by atoms with van der Waals surface area (Å²) in [5.41, 5.74) is 1.96. The molecule has 0 aliphatic carbocycles. The number of ether oxygens (including phenoxy) is 2. The zero-order valence-corrected chi connectivity index (χ0v) is 28.0. The van der Waals surface area contributed by atoms with Crippen molar-refractivity contribution in [3.63, 3.8) is 0 Å². The molecule has 1 aliphatic heterocycles. The maximum absolute atomic E-state index is 13.8. The summed E-state index contributed by atoms with van der Waals surface area (Å²) in [6, 6.07) is 32.1. The molecule has 0 aromatic heterocycles. The number of halogens is 4. The maximum Gasteiger partial charge on any atom is 0.417 e. The fourth-order valence-corrected chi connectivity index (χ4v) is 6.56. The van der Waals surface area contributed by atoms with Crippen LogP contribution in [0.2, 0.25) is 5.02 Å². The molecule has 4 aromatic rings. The average Bonchev–Trinajstić information content (AvgIpc) is 3.10.